The Hall–Kier alpha value is -0.980. The van der Waals surface area contributed by atoms with Gasteiger partial charge in [0, 0.05) is 37.6 Å². The van der Waals surface area contributed by atoms with Gasteiger partial charge in [-0.1, -0.05) is 0 Å². The van der Waals surface area contributed by atoms with Gasteiger partial charge in [0.25, 0.3) is 5.91 Å². The summed E-state index contributed by atoms with van der Waals surface area (Å²) in [6.45, 7) is 9.28. The normalized spacial score (nSPS) is 16.4. The smallest absolute Gasteiger partial charge is 0.268 e. The van der Waals surface area contributed by atoms with Gasteiger partial charge in [-0.25, -0.2) is 4.98 Å². The zero-order valence-electron chi connectivity index (χ0n) is 10.3. The Bertz CT molecular complexity index is 320. The van der Waals surface area contributed by atoms with Crippen LogP contribution in [0, 0.1) is 0 Å². The summed E-state index contributed by atoms with van der Waals surface area (Å²) in [5.74, 6) is -0.466. The van der Waals surface area contributed by atoms with Crippen molar-refractivity contribution < 1.29 is 4.79 Å². The van der Waals surface area contributed by atoms with Crippen molar-refractivity contribution in [3.05, 3.63) is 16.6 Å². The molecule has 0 aromatic carbocycles. The van der Waals surface area contributed by atoms with E-state index >= 15 is 0 Å². The fraction of sp³-hybridized carbons (Fsp3) is 0.636. The minimum atomic E-state index is -0.466. The highest BCUT2D eigenvalue weighted by Crippen LogP contribution is 1.98. The Labute approximate surface area is 106 Å². The van der Waals surface area contributed by atoms with E-state index in [4.69, 9.17) is 5.73 Å². The van der Waals surface area contributed by atoms with Crippen molar-refractivity contribution in [3.8, 4) is 0 Å². The Morgan fingerprint density at radius 2 is 2.18 bits per heavy atom. The summed E-state index contributed by atoms with van der Waals surface area (Å²) in [5.41, 5.74) is 6.78. The molecule has 1 aliphatic rings. The molecular formula is C11H20N4OS. The van der Waals surface area contributed by atoms with Gasteiger partial charge in [0.15, 0.2) is 0 Å². The number of nitrogens with two attached hydrogens (primary N) is 1. The highest BCUT2D eigenvalue weighted by Gasteiger charge is 2.11. The van der Waals surface area contributed by atoms with Crippen molar-refractivity contribution in [2.45, 2.75) is 19.9 Å². The standard InChI is InChI=1S/C7H16N2.C4H4N2OS/c1-7(2)9-5-3-8-4-6-9;5-4(7)3-1-8-2-6-3/h7-8H,3-6H2,1-2H3;1-2H,(H2,5,7). The van der Waals surface area contributed by atoms with Gasteiger partial charge >= 0.3 is 0 Å². The highest BCUT2D eigenvalue weighted by atomic mass is 32.1. The number of aromatic nitrogens is 1. The van der Waals surface area contributed by atoms with Crippen LogP contribution in [0.4, 0.5) is 0 Å². The van der Waals surface area contributed by atoms with Crippen LogP contribution < -0.4 is 11.1 Å². The summed E-state index contributed by atoms with van der Waals surface area (Å²) >= 11 is 1.36. The van der Waals surface area contributed by atoms with Gasteiger partial charge in [-0.15, -0.1) is 11.3 Å². The minimum Gasteiger partial charge on any atom is -0.364 e. The fourth-order valence-corrected chi connectivity index (χ4v) is 2.07. The lowest BCUT2D eigenvalue weighted by Crippen LogP contribution is -2.46. The molecule has 2 heterocycles. The minimum absolute atomic E-state index is 0.343. The molecule has 0 radical (unpaired) electrons. The monoisotopic (exact) mass is 256 g/mol. The van der Waals surface area contributed by atoms with E-state index in [9.17, 15) is 4.79 Å². The zero-order chi connectivity index (χ0) is 12.7. The van der Waals surface area contributed by atoms with Crippen molar-refractivity contribution in [1.29, 1.82) is 0 Å². The lowest BCUT2D eigenvalue weighted by atomic mass is 10.3. The van der Waals surface area contributed by atoms with Crippen LogP contribution in [0.2, 0.25) is 0 Å². The Kier molecular flexibility index (Phi) is 6.10. The Morgan fingerprint density at radius 3 is 2.47 bits per heavy atom. The summed E-state index contributed by atoms with van der Waals surface area (Å²) in [6.07, 6.45) is 0. The molecule has 1 aliphatic heterocycles. The third-order valence-electron chi connectivity index (χ3n) is 2.57. The quantitative estimate of drug-likeness (QED) is 0.810. The summed E-state index contributed by atoms with van der Waals surface area (Å²) < 4.78 is 0. The molecule has 0 unspecified atom stereocenters. The van der Waals surface area contributed by atoms with Gasteiger partial charge in [0.1, 0.15) is 5.69 Å². The SMILES string of the molecule is CC(C)N1CCNCC1.NC(=O)c1cscn1. The van der Waals surface area contributed by atoms with E-state index in [-0.39, 0.29) is 0 Å². The molecule has 0 spiro atoms. The number of thiazole rings is 1. The number of carbonyl (C=O) groups is 1. The molecule has 5 nitrogen and oxygen atoms in total. The molecule has 1 saturated heterocycles. The maximum atomic E-state index is 10.2. The molecule has 0 aliphatic carbocycles. The van der Waals surface area contributed by atoms with Crippen LogP contribution in [0.15, 0.2) is 10.9 Å². The third-order valence-corrected chi connectivity index (χ3v) is 3.15. The predicted molar refractivity (Wildman–Crippen MR) is 70.2 cm³/mol. The van der Waals surface area contributed by atoms with Crippen LogP contribution in [0.25, 0.3) is 0 Å². The summed E-state index contributed by atoms with van der Waals surface area (Å²) in [4.78, 5) is 16.4. The average Bonchev–Trinajstić information content (AvgIpc) is 2.84. The second kappa shape index (κ2) is 7.37. The van der Waals surface area contributed by atoms with Crippen molar-refractivity contribution in [2.24, 2.45) is 5.73 Å². The van der Waals surface area contributed by atoms with E-state index in [1.807, 2.05) is 0 Å². The second-order valence-corrected chi connectivity index (χ2v) is 4.84. The van der Waals surface area contributed by atoms with E-state index in [1.165, 1.54) is 24.4 Å². The topological polar surface area (TPSA) is 71.2 Å². The molecule has 2 rings (SSSR count). The maximum absolute atomic E-state index is 10.2. The van der Waals surface area contributed by atoms with E-state index in [2.05, 4.69) is 29.0 Å². The van der Waals surface area contributed by atoms with Crippen molar-refractivity contribution in [3.63, 3.8) is 0 Å². The van der Waals surface area contributed by atoms with Crippen LogP contribution in [-0.2, 0) is 0 Å². The predicted octanol–water partition coefficient (Wildman–Crippen LogP) is 0.542. The number of piperazine rings is 1. The lowest BCUT2D eigenvalue weighted by molar-refractivity contribution is 0.0996. The van der Waals surface area contributed by atoms with E-state index in [0.717, 1.165) is 19.1 Å². The number of hydrogen-bond acceptors (Lipinski definition) is 5. The molecule has 0 saturated carbocycles. The molecule has 0 bridgehead atoms. The number of primary amides is 1. The van der Waals surface area contributed by atoms with Crippen LogP contribution in [0.3, 0.4) is 0 Å². The number of nitrogens with one attached hydrogen (secondary N) is 1. The Balaban J connectivity index is 0.000000171. The summed E-state index contributed by atoms with van der Waals surface area (Å²) in [7, 11) is 0. The van der Waals surface area contributed by atoms with Crippen molar-refractivity contribution in [1.82, 2.24) is 15.2 Å². The van der Waals surface area contributed by atoms with E-state index < -0.39 is 5.91 Å². The van der Waals surface area contributed by atoms with Crippen LogP contribution in [0.1, 0.15) is 24.3 Å². The van der Waals surface area contributed by atoms with Crippen LogP contribution in [-0.4, -0.2) is 48.0 Å². The fourth-order valence-electron chi connectivity index (χ4n) is 1.53. The number of amides is 1. The number of hydrogen-bond donors (Lipinski definition) is 2. The van der Waals surface area contributed by atoms with Crippen LogP contribution in [0.5, 0.6) is 0 Å². The average molecular weight is 256 g/mol. The van der Waals surface area contributed by atoms with Gasteiger partial charge in [0.2, 0.25) is 0 Å². The third kappa shape index (κ3) is 5.25. The van der Waals surface area contributed by atoms with Gasteiger partial charge in [-0.05, 0) is 13.8 Å². The number of rotatable bonds is 2. The van der Waals surface area contributed by atoms with Gasteiger partial charge in [-0.3, -0.25) is 9.69 Å². The largest absolute Gasteiger partial charge is 0.364 e. The summed E-state index contributed by atoms with van der Waals surface area (Å²) in [6, 6.07) is 0.729. The van der Waals surface area contributed by atoms with E-state index in [0.29, 0.717) is 5.69 Å². The van der Waals surface area contributed by atoms with Crippen molar-refractivity contribution >= 4 is 17.2 Å². The van der Waals surface area contributed by atoms with E-state index in [1.54, 1.807) is 10.9 Å². The zero-order valence-corrected chi connectivity index (χ0v) is 11.2. The first-order valence-electron chi connectivity index (χ1n) is 5.74. The van der Waals surface area contributed by atoms with Gasteiger partial charge < -0.3 is 11.1 Å². The molecule has 3 N–H and O–H groups in total. The summed E-state index contributed by atoms with van der Waals surface area (Å²) in [5, 5.41) is 4.94. The lowest BCUT2D eigenvalue weighted by Gasteiger charge is -2.30. The Morgan fingerprint density at radius 1 is 1.53 bits per heavy atom. The molecule has 1 aromatic rings. The van der Waals surface area contributed by atoms with Gasteiger partial charge in [0.05, 0.1) is 5.51 Å². The molecule has 1 aromatic heterocycles. The molecule has 96 valence electrons. The number of carbonyl (C=O) groups excluding carboxylic acids is 1. The molecular weight excluding hydrogens is 236 g/mol. The van der Waals surface area contributed by atoms with Crippen LogP contribution >= 0.6 is 11.3 Å². The first-order valence-corrected chi connectivity index (χ1v) is 6.68. The molecule has 17 heavy (non-hydrogen) atoms. The van der Waals surface area contributed by atoms with Gasteiger partial charge in [-0.2, -0.15) is 0 Å². The first kappa shape index (κ1) is 14.1. The molecule has 6 heteroatoms. The second-order valence-electron chi connectivity index (χ2n) is 4.12. The maximum Gasteiger partial charge on any atom is 0.268 e. The number of nitrogens with zero attached hydrogens (tertiary/aromatic N) is 2. The molecule has 1 amide bonds. The first-order chi connectivity index (χ1) is 8.11. The molecule has 1 fully saturated rings. The van der Waals surface area contributed by atoms with Crippen molar-refractivity contribution in [2.75, 3.05) is 26.2 Å². The molecule has 0 atom stereocenters. The highest BCUT2D eigenvalue weighted by molar-refractivity contribution is 7.07.